The van der Waals surface area contributed by atoms with Crippen molar-refractivity contribution in [3.05, 3.63) is 89.7 Å². The van der Waals surface area contributed by atoms with E-state index >= 15 is 0 Å². The molecule has 2 aromatic carbocycles. The summed E-state index contributed by atoms with van der Waals surface area (Å²) in [5.41, 5.74) is 5.85. The highest BCUT2D eigenvalue weighted by molar-refractivity contribution is 5.79. The molecule has 1 amide bonds. The van der Waals surface area contributed by atoms with E-state index in [0.29, 0.717) is 25.9 Å². The van der Waals surface area contributed by atoms with Crippen molar-refractivity contribution in [1.82, 2.24) is 9.88 Å². The van der Waals surface area contributed by atoms with Gasteiger partial charge in [0.2, 0.25) is 5.91 Å². The third-order valence-corrected chi connectivity index (χ3v) is 4.72. The van der Waals surface area contributed by atoms with Crippen LogP contribution in [0.5, 0.6) is 0 Å². The van der Waals surface area contributed by atoms with E-state index in [-0.39, 0.29) is 5.91 Å². The second-order valence-corrected chi connectivity index (χ2v) is 6.39. The molecule has 0 bridgehead atoms. The maximum Gasteiger partial charge on any atom is 0.223 e. The zero-order valence-corrected chi connectivity index (χ0v) is 14.1. The third-order valence-electron chi connectivity index (χ3n) is 4.72. The summed E-state index contributed by atoms with van der Waals surface area (Å²) in [6.45, 7) is 1.32. The van der Waals surface area contributed by atoms with Gasteiger partial charge in [-0.15, -0.1) is 0 Å². The lowest BCUT2D eigenvalue weighted by molar-refractivity contribution is -0.132. The molecule has 0 spiro atoms. The maximum absolute atomic E-state index is 12.8. The van der Waals surface area contributed by atoms with Gasteiger partial charge in [0.05, 0.1) is 0 Å². The Hall–Kier alpha value is -2.94. The second-order valence-electron chi connectivity index (χ2n) is 6.39. The van der Waals surface area contributed by atoms with Crippen LogP contribution < -0.4 is 0 Å². The van der Waals surface area contributed by atoms with E-state index in [9.17, 15) is 4.79 Å². The minimum absolute atomic E-state index is 0.178. The van der Waals surface area contributed by atoms with Crippen molar-refractivity contribution in [1.29, 1.82) is 0 Å². The van der Waals surface area contributed by atoms with Gasteiger partial charge < -0.3 is 4.90 Å². The number of carbonyl (C=O) groups excluding carboxylic acids is 1. The van der Waals surface area contributed by atoms with Crippen LogP contribution in [-0.2, 0) is 24.3 Å². The van der Waals surface area contributed by atoms with Crippen LogP contribution in [0, 0.1) is 0 Å². The average Bonchev–Trinajstić information content (AvgIpc) is 2.84. The second kappa shape index (κ2) is 6.89. The molecule has 0 radical (unpaired) electrons. The molecule has 3 nitrogen and oxygen atoms in total. The number of aromatic nitrogens is 1. The number of benzene rings is 2. The number of carbonyl (C=O) groups is 1. The molecule has 1 aliphatic rings. The summed E-state index contributed by atoms with van der Waals surface area (Å²) in [5.74, 6) is 0.178. The van der Waals surface area contributed by atoms with Crippen molar-refractivity contribution in [3.63, 3.8) is 0 Å². The molecule has 25 heavy (non-hydrogen) atoms. The molecule has 0 N–H and O–H groups in total. The van der Waals surface area contributed by atoms with Gasteiger partial charge in [0.15, 0.2) is 0 Å². The van der Waals surface area contributed by atoms with Gasteiger partial charge in [0.25, 0.3) is 0 Å². The van der Waals surface area contributed by atoms with Gasteiger partial charge >= 0.3 is 0 Å². The average molecular weight is 328 g/mol. The standard InChI is InChI=1S/C22H20N2O/c25-22(13-12-19-9-5-6-14-23-19)24-15-17-7-1-3-10-20(17)21-11-4-2-8-18(21)16-24/h1-11,14H,12-13,15-16H2. The fourth-order valence-corrected chi connectivity index (χ4v) is 3.42. The molecule has 0 saturated heterocycles. The zero-order chi connectivity index (χ0) is 17.1. The van der Waals surface area contributed by atoms with E-state index in [0.717, 1.165) is 5.69 Å². The first kappa shape index (κ1) is 15.6. The molecular formula is C22H20N2O. The van der Waals surface area contributed by atoms with Gasteiger partial charge in [-0.1, -0.05) is 54.6 Å². The lowest BCUT2D eigenvalue weighted by Crippen LogP contribution is -2.29. The van der Waals surface area contributed by atoms with E-state index in [4.69, 9.17) is 0 Å². The predicted octanol–water partition coefficient (Wildman–Crippen LogP) is 4.22. The third kappa shape index (κ3) is 3.31. The van der Waals surface area contributed by atoms with E-state index in [2.05, 4.69) is 41.4 Å². The Bertz CT molecular complexity index is 842. The number of pyridine rings is 1. The molecule has 0 fully saturated rings. The van der Waals surface area contributed by atoms with Gasteiger partial charge in [-0.25, -0.2) is 0 Å². The van der Waals surface area contributed by atoms with Crippen LogP contribution in [0.1, 0.15) is 23.2 Å². The molecule has 1 aliphatic heterocycles. The molecule has 124 valence electrons. The Morgan fingerprint density at radius 3 is 2.04 bits per heavy atom. The fourth-order valence-electron chi connectivity index (χ4n) is 3.42. The number of aryl methyl sites for hydroxylation is 1. The van der Waals surface area contributed by atoms with Gasteiger partial charge in [0.1, 0.15) is 0 Å². The van der Waals surface area contributed by atoms with Crippen molar-refractivity contribution in [2.24, 2.45) is 0 Å². The van der Waals surface area contributed by atoms with E-state index < -0.39 is 0 Å². The lowest BCUT2D eigenvalue weighted by Gasteiger charge is -2.21. The van der Waals surface area contributed by atoms with Gasteiger partial charge in [-0.2, -0.15) is 0 Å². The van der Waals surface area contributed by atoms with Crippen LogP contribution >= 0.6 is 0 Å². The normalized spacial score (nSPS) is 12.9. The summed E-state index contributed by atoms with van der Waals surface area (Å²) < 4.78 is 0. The Morgan fingerprint density at radius 1 is 0.840 bits per heavy atom. The number of fused-ring (bicyclic) bond motifs is 3. The van der Waals surface area contributed by atoms with Crippen LogP contribution in [0.3, 0.4) is 0 Å². The molecule has 1 aromatic heterocycles. The highest BCUT2D eigenvalue weighted by atomic mass is 16.2. The van der Waals surface area contributed by atoms with Crippen LogP contribution in [0.4, 0.5) is 0 Å². The van der Waals surface area contributed by atoms with Crippen LogP contribution in [-0.4, -0.2) is 15.8 Å². The first-order chi connectivity index (χ1) is 12.3. The zero-order valence-electron chi connectivity index (χ0n) is 14.1. The van der Waals surface area contributed by atoms with E-state index in [1.54, 1.807) is 6.20 Å². The molecule has 3 aromatic rings. The van der Waals surface area contributed by atoms with Gasteiger partial charge in [-0.05, 0) is 40.8 Å². The summed E-state index contributed by atoms with van der Waals surface area (Å²) in [6.07, 6.45) is 2.94. The quantitative estimate of drug-likeness (QED) is 0.721. The summed E-state index contributed by atoms with van der Waals surface area (Å²) in [4.78, 5) is 19.1. The number of hydrogen-bond donors (Lipinski definition) is 0. The minimum Gasteiger partial charge on any atom is -0.334 e. The monoisotopic (exact) mass is 328 g/mol. The SMILES string of the molecule is O=C(CCc1ccccn1)N1Cc2ccccc2-c2ccccc2C1. The Labute approximate surface area is 148 Å². The molecule has 0 aliphatic carbocycles. The number of nitrogens with zero attached hydrogens (tertiary/aromatic N) is 2. The Morgan fingerprint density at radius 2 is 1.44 bits per heavy atom. The van der Waals surface area contributed by atoms with Crippen LogP contribution in [0.2, 0.25) is 0 Å². The topological polar surface area (TPSA) is 33.2 Å². The highest BCUT2D eigenvalue weighted by Crippen LogP contribution is 2.32. The predicted molar refractivity (Wildman–Crippen MR) is 98.7 cm³/mol. The summed E-state index contributed by atoms with van der Waals surface area (Å²) in [5, 5.41) is 0. The Kier molecular flexibility index (Phi) is 4.30. The largest absolute Gasteiger partial charge is 0.334 e. The van der Waals surface area contributed by atoms with Crippen molar-refractivity contribution < 1.29 is 4.79 Å². The molecule has 0 unspecified atom stereocenters. The smallest absolute Gasteiger partial charge is 0.223 e. The van der Waals surface area contributed by atoms with E-state index in [1.165, 1.54) is 22.3 Å². The number of hydrogen-bond acceptors (Lipinski definition) is 2. The lowest BCUT2D eigenvalue weighted by atomic mass is 9.97. The summed E-state index contributed by atoms with van der Waals surface area (Å²) in [6, 6.07) is 22.6. The van der Waals surface area contributed by atoms with Gasteiger partial charge in [-0.3, -0.25) is 9.78 Å². The van der Waals surface area contributed by atoms with Crippen molar-refractivity contribution >= 4 is 5.91 Å². The van der Waals surface area contributed by atoms with Crippen molar-refractivity contribution in [3.8, 4) is 11.1 Å². The minimum atomic E-state index is 0.178. The number of rotatable bonds is 3. The highest BCUT2D eigenvalue weighted by Gasteiger charge is 2.22. The first-order valence-electron chi connectivity index (χ1n) is 8.65. The maximum atomic E-state index is 12.8. The summed E-state index contributed by atoms with van der Waals surface area (Å²) >= 11 is 0. The fraction of sp³-hybridized carbons (Fsp3) is 0.182. The summed E-state index contributed by atoms with van der Waals surface area (Å²) in [7, 11) is 0. The molecule has 0 saturated carbocycles. The van der Waals surface area contributed by atoms with Crippen molar-refractivity contribution in [2.45, 2.75) is 25.9 Å². The van der Waals surface area contributed by atoms with Crippen LogP contribution in [0.15, 0.2) is 72.9 Å². The number of amides is 1. The van der Waals surface area contributed by atoms with Gasteiger partial charge in [0, 0.05) is 31.4 Å². The molecular weight excluding hydrogens is 308 g/mol. The first-order valence-corrected chi connectivity index (χ1v) is 8.65. The molecule has 4 rings (SSSR count). The van der Waals surface area contributed by atoms with E-state index in [1.807, 2.05) is 35.2 Å². The molecule has 2 heterocycles. The molecule has 0 atom stereocenters. The molecule has 3 heteroatoms. The van der Waals surface area contributed by atoms with Crippen molar-refractivity contribution in [2.75, 3.05) is 0 Å². The Balaban J connectivity index is 1.58. The van der Waals surface area contributed by atoms with Crippen LogP contribution in [0.25, 0.3) is 11.1 Å².